The number of fused-ring (bicyclic) bond motifs is 2. The summed E-state index contributed by atoms with van der Waals surface area (Å²) in [7, 11) is 0. The van der Waals surface area contributed by atoms with Crippen LogP contribution in [0.3, 0.4) is 0 Å². The zero-order valence-corrected chi connectivity index (χ0v) is 14.2. The number of rotatable bonds is 4. The van der Waals surface area contributed by atoms with Crippen LogP contribution in [0.25, 0.3) is 0 Å². The lowest BCUT2D eigenvalue weighted by atomic mass is 9.85. The van der Waals surface area contributed by atoms with Gasteiger partial charge in [-0.25, -0.2) is 0 Å². The molecule has 0 aliphatic carbocycles. The summed E-state index contributed by atoms with van der Waals surface area (Å²) in [6.45, 7) is 3.02. The molecular weight excluding hydrogens is 296 g/mol. The fraction of sp³-hybridized carbons (Fsp3) is 0.429. The third-order valence-corrected chi connectivity index (χ3v) is 5.63. The van der Waals surface area contributed by atoms with Gasteiger partial charge < -0.3 is 0 Å². The summed E-state index contributed by atoms with van der Waals surface area (Å²) in [4.78, 5) is 19.8. The Bertz CT molecular complexity index is 696. The third-order valence-electron chi connectivity index (χ3n) is 5.63. The van der Waals surface area contributed by atoms with Gasteiger partial charge >= 0.3 is 0 Å². The van der Waals surface area contributed by atoms with Crippen LogP contribution < -0.4 is 0 Å². The molecule has 2 fully saturated rings. The Morgan fingerprint density at radius 3 is 2.42 bits per heavy atom. The number of benzene rings is 1. The van der Waals surface area contributed by atoms with E-state index >= 15 is 0 Å². The molecule has 2 unspecified atom stereocenters. The fourth-order valence-electron chi connectivity index (χ4n) is 4.36. The molecule has 2 saturated heterocycles. The lowest BCUT2D eigenvalue weighted by Crippen LogP contribution is -2.44. The first-order valence-corrected chi connectivity index (χ1v) is 8.97. The number of nitrogens with zero attached hydrogens (tertiary/aromatic N) is 2. The van der Waals surface area contributed by atoms with Gasteiger partial charge in [0, 0.05) is 30.7 Å². The van der Waals surface area contributed by atoms with E-state index < -0.39 is 0 Å². The average Bonchev–Trinajstić information content (AvgIpc) is 2.84. The lowest BCUT2D eigenvalue weighted by molar-refractivity contribution is 0.0674. The maximum Gasteiger partial charge on any atom is 0.184 e. The second kappa shape index (κ2) is 6.48. The molecule has 1 aromatic heterocycles. The van der Waals surface area contributed by atoms with Crippen molar-refractivity contribution in [1.29, 1.82) is 0 Å². The number of carbonyl (C=O) groups excluding carboxylic acids is 1. The molecule has 0 saturated carbocycles. The summed E-state index contributed by atoms with van der Waals surface area (Å²) >= 11 is 0. The highest BCUT2D eigenvalue weighted by Crippen LogP contribution is 2.40. The Hall–Kier alpha value is -2.00. The summed E-state index contributed by atoms with van der Waals surface area (Å²) in [5.74, 6) is 0.385. The number of ketones is 1. The Morgan fingerprint density at radius 2 is 1.79 bits per heavy atom. The van der Waals surface area contributed by atoms with Crippen LogP contribution in [0.2, 0.25) is 0 Å². The first-order chi connectivity index (χ1) is 11.7. The van der Waals surface area contributed by atoms with Crippen LogP contribution in [0.5, 0.6) is 0 Å². The summed E-state index contributed by atoms with van der Waals surface area (Å²) in [6, 6.07) is 15.6. The van der Waals surface area contributed by atoms with Gasteiger partial charge in [-0.1, -0.05) is 36.4 Å². The molecule has 1 aromatic carbocycles. The summed E-state index contributed by atoms with van der Waals surface area (Å²) in [5.41, 5.74) is 3.12. The van der Waals surface area contributed by atoms with E-state index in [-0.39, 0.29) is 11.7 Å². The number of hydrogen-bond acceptors (Lipinski definition) is 3. The second-order valence-corrected chi connectivity index (χ2v) is 7.30. The van der Waals surface area contributed by atoms with Gasteiger partial charge in [-0.15, -0.1) is 0 Å². The smallest absolute Gasteiger partial charge is 0.184 e. The number of pyridine rings is 1. The molecular formula is C21H24N2O. The van der Waals surface area contributed by atoms with Crippen LogP contribution in [0.4, 0.5) is 0 Å². The Balaban J connectivity index is 1.46. The quantitative estimate of drug-likeness (QED) is 0.798. The predicted octanol–water partition coefficient (Wildman–Crippen LogP) is 4.02. The predicted molar refractivity (Wildman–Crippen MR) is 94.8 cm³/mol. The maximum absolute atomic E-state index is 12.8. The lowest BCUT2D eigenvalue weighted by Gasteiger charge is -2.38. The molecule has 3 heterocycles. The third kappa shape index (κ3) is 3.01. The highest BCUT2D eigenvalue weighted by Gasteiger charge is 2.42. The van der Waals surface area contributed by atoms with Gasteiger partial charge in [0.25, 0.3) is 0 Å². The number of aryl methyl sites for hydroxylation is 1. The normalized spacial score (nSPS) is 26.5. The van der Waals surface area contributed by atoms with Crippen molar-refractivity contribution in [3.05, 3.63) is 65.5 Å². The van der Waals surface area contributed by atoms with Crippen molar-refractivity contribution < 1.29 is 4.79 Å². The molecule has 4 rings (SSSR count). The van der Waals surface area contributed by atoms with Crippen molar-refractivity contribution in [2.45, 2.75) is 51.2 Å². The van der Waals surface area contributed by atoms with Crippen LogP contribution in [-0.4, -0.2) is 27.8 Å². The number of hydrogen-bond donors (Lipinski definition) is 0. The van der Waals surface area contributed by atoms with E-state index in [4.69, 9.17) is 0 Å². The molecule has 2 bridgehead atoms. The van der Waals surface area contributed by atoms with Gasteiger partial charge in [0.1, 0.15) is 5.69 Å². The molecule has 24 heavy (non-hydrogen) atoms. The van der Waals surface area contributed by atoms with Gasteiger partial charge in [-0.3, -0.25) is 14.7 Å². The zero-order valence-electron chi connectivity index (χ0n) is 14.2. The monoisotopic (exact) mass is 320 g/mol. The van der Waals surface area contributed by atoms with E-state index in [9.17, 15) is 4.79 Å². The van der Waals surface area contributed by atoms with E-state index in [2.05, 4.69) is 40.2 Å². The van der Waals surface area contributed by atoms with Crippen LogP contribution in [0.15, 0.2) is 48.7 Å². The molecule has 2 aliphatic heterocycles. The molecule has 124 valence electrons. The van der Waals surface area contributed by atoms with E-state index in [1.807, 2.05) is 19.1 Å². The molecule has 2 atom stereocenters. The van der Waals surface area contributed by atoms with Gasteiger partial charge in [-0.2, -0.15) is 0 Å². The molecule has 0 spiro atoms. The first-order valence-electron chi connectivity index (χ1n) is 8.97. The number of Topliss-reactive ketones (excluding diaryl/α,β-unsaturated/α-hetero) is 1. The van der Waals surface area contributed by atoms with E-state index in [1.54, 1.807) is 6.20 Å². The van der Waals surface area contributed by atoms with E-state index in [1.165, 1.54) is 18.4 Å². The highest BCUT2D eigenvalue weighted by atomic mass is 16.1. The van der Waals surface area contributed by atoms with Gasteiger partial charge in [-0.05, 0) is 49.8 Å². The second-order valence-electron chi connectivity index (χ2n) is 7.30. The molecule has 0 N–H and O–H groups in total. The molecule has 3 nitrogen and oxygen atoms in total. The number of carbonyl (C=O) groups is 1. The van der Waals surface area contributed by atoms with Gasteiger partial charge in [0.2, 0.25) is 0 Å². The summed E-state index contributed by atoms with van der Waals surface area (Å²) in [5, 5.41) is 0. The molecule has 0 radical (unpaired) electrons. The Kier molecular flexibility index (Phi) is 4.19. The Morgan fingerprint density at radius 1 is 1.08 bits per heavy atom. The SMILES string of the molecule is Cc1ccc(C(=O)C2CC3CCC(C2)N3Cc2ccccc2)nc1. The standard InChI is InChI=1S/C21H24N2O/c1-15-7-10-20(22-13-15)21(24)17-11-18-8-9-19(12-17)23(18)14-16-5-3-2-4-6-16/h2-7,10,13,17-19H,8-9,11-12,14H2,1H3. The van der Waals surface area contributed by atoms with Crippen LogP contribution in [-0.2, 0) is 6.54 Å². The van der Waals surface area contributed by atoms with Crippen molar-refractivity contribution in [2.75, 3.05) is 0 Å². The maximum atomic E-state index is 12.8. The van der Waals surface area contributed by atoms with Crippen LogP contribution in [0, 0.1) is 12.8 Å². The summed E-state index contributed by atoms with van der Waals surface area (Å²) < 4.78 is 0. The molecule has 3 heteroatoms. The molecule has 2 aromatic rings. The number of piperidine rings is 1. The van der Waals surface area contributed by atoms with E-state index in [0.29, 0.717) is 17.8 Å². The van der Waals surface area contributed by atoms with Gasteiger partial charge in [0.05, 0.1) is 0 Å². The van der Waals surface area contributed by atoms with Crippen molar-refractivity contribution in [1.82, 2.24) is 9.88 Å². The minimum absolute atomic E-state index is 0.143. The minimum Gasteiger partial charge on any atom is -0.293 e. The first kappa shape index (κ1) is 15.5. The number of aromatic nitrogens is 1. The fourth-order valence-corrected chi connectivity index (χ4v) is 4.36. The van der Waals surface area contributed by atoms with E-state index in [0.717, 1.165) is 24.9 Å². The topological polar surface area (TPSA) is 33.2 Å². The van der Waals surface area contributed by atoms with Crippen molar-refractivity contribution in [3.63, 3.8) is 0 Å². The van der Waals surface area contributed by atoms with Crippen molar-refractivity contribution in [2.24, 2.45) is 5.92 Å². The molecule has 2 aliphatic rings. The summed E-state index contributed by atoms with van der Waals surface area (Å²) in [6.07, 6.45) is 6.22. The molecule has 0 amide bonds. The highest BCUT2D eigenvalue weighted by molar-refractivity contribution is 5.96. The van der Waals surface area contributed by atoms with Crippen LogP contribution in [0.1, 0.15) is 47.3 Å². The largest absolute Gasteiger partial charge is 0.293 e. The minimum atomic E-state index is 0.143. The van der Waals surface area contributed by atoms with Crippen molar-refractivity contribution in [3.8, 4) is 0 Å². The van der Waals surface area contributed by atoms with Gasteiger partial charge in [0.15, 0.2) is 5.78 Å². The Labute approximate surface area is 143 Å². The zero-order chi connectivity index (χ0) is 16.5. The van der Waals surface area contributed by atoms with Crippen LogP contribution >= 0.6 is 0 Å². The van der Waals surface area contributed by atoms with Crippen molar-refractivity contribution >= 4 is 5.78 Å². The average molecular weight is 320 g/mol.